The molecule has 0 unspecified atom stereocenters. The van der Waals surface area contributed by atoms with Crippen LogP contribution in [0.3, 0.4) is 0 Å². The fraction of sp³-hybridized carbons (Fsp3) is 0.650. The minimum atomic E-state index is -0.0401. The molecule has 0 aliphatic heterocycles. The fourth-order valence-electron chi connectivity index (χ4n) is 4.59. The van der Waals surface area contributed by atoms with Crippen LogP contribution in [0, 0.1) is 11.3 Å². The average Bonchev–Trinajstić information content (AvgIpc) is 2.57. The number of Topliss-reactive ketones (excluding diaryl/α,β-unsaturated/α-hetero) is 1. The second-order valence-corrected chi connectivity index (χ2v) is 7.24. The highest BCUT2D eigenvalue weighted by atomic mass is 16.1. The van der Waals surface area contributed by atoms with Crippen molar-refractivity contribution in [2.45, 2.75) is 70.6 Å². The quantitative estimate of drug-likeness (QED) is 0.639. The highest BCUT2D eigenvalue weighted by molar-refractivity contribution is 6.00. The van der Waals surface area contributed by atoms with E-state index in [4.69, 9.17) is 0 Å². The number of carbonyl (C=O) groups is 1. The topological polar surface area (TPSA) is 17.1 Å². The van der Waals surface area contributed by atoms with Crippen molar-refractivity contribution in [3.8, 4) is 0 Å². The van der Waals surface area contributed by atoms with Crippen molar-refractivity contribution >= 4 is 5.78 Å². The number of hydrogen-bond donors (Lipinski definition) is 0. The average molecular weight is 284 g/mol. The molecule has 0 saturated heterocycles. The number of rotatable bonds is 4. The van der Waals surface area contributed by atoms with Crippen LogP contribution in [0.4, 0.5) is 0 Å². The summed E-state index contributed by atoms with van der Waals surface area (Å²) in [6, 6.07) is 10.0. The van der Waals surface area contributed by atoms with E-state index in [1.807, 2.05) is 30.3 Å². The van der Waals surface area contributed by atoms with Crippen LogP contribution in [0.1, 0.15) is 81.0 Å². The third kappa shape index (κ3) is 3.39. The van der Waals surface area contributed by atoms with E-state index in [0.29, 0.717) is 5.78 Å². The van der Waals surface area contributed by atoms with Gasteiger partial charge in [-0.1, -0.05) is 81.7 Å². The Morgan fingerprint density at radius 2 is 1.52 bits per heavy atom. The smallest absolute Gasteiger partial charge is 0.169 e. The molecular formula is C20H28O. The van der Waals surface area contributed by atoms with Crippen molar-refractivity contribution in [2.75, 3.05) is 0 Å². The Morgan fingerprint density at radius 3 is 2.19 bits per heavy atom. The van der Waals surface area contributed by atoms with Crippen LogP contribution in [-0.2, 0) is 0 Å². The van der Waals surface area contributed by atoms with Gasteiger partial charge in [0.05, 0.1) is 0 Å². The first-order chi connectivity index (χ1) is 10.3. The molecule has 2 aliphatic carbocycles. The lowest BCUT2D eigenvalue weighted by atomic mass is 9.63. The van der Waals surface area contributed by atoms with Gasteiger partial charge in [-0.2, -0.15) is 0 Å². The van der Waals surface area contributed by atoms with Gasteiger partial charge in [-0.05, 0) is 25.2 Å². The Labute approximate surface area is 129 Å². The van der Waals surface area contributed by atoms with E-state index >= 15 is 0 Å². The minimum Gasteiger partial charge on any atom is -0.294 e. The summed E-state index contributed by atoms with van der Waals surface area (Å²) in [7, 11) is 0. The molecule has 0 heterocycles. The molecule has 21 heavy (non-hydrogen) atoms. The molecule has 1 aromatic carbocycles. The zero-order valence-corrected chi connectivity index (χ0v) is 13.2. The number of hydrogen-bond acceptors (Lipinski definition) is 1. The van der Waals surface area contributed by atoms with Crippen LogP contribution in [0.15, 0.2) is 30.3 Å². The summed E-state index contributed by atoms with van der Waals surface area (Å²) in [6.45, 7) is 0. The summed E-state index contributed by atoms with van der Waals surface area (Å²) in [5.41, 5.74) is 0.900. The minimum absolute atomic E-state index is 0.0401. The second kappa shape index (κ2) is 6.77. The zero-order valence-electron chi connectivity index (χ0n) is 13.2. The SMILES string of the molecule is O=C(c1ccccc1)C1(CC2CCCCC2)CCCCC1. The predicted octanol–water partition coefficient (Wildman–Crippen LogP) is 5.79. The molecule has 2 aliphatic rings. The molecule has 2 fully saturated rings. The molecule has 1 nitrogen and oxygen atoms in total. The van der Waals surface area contributed by atoms with Crippen molar-refractivity contribution in [2.24, 2.45) is 11.3 Å². The molecule has 1 aromatic rings. The molecule has 0 radical (unpaired) electrons. The molecule has 0 amide bonds. The summed E-state index contributed by atoms with van der Waals surface area (Å²) in [6.07, 6.45) is 14.0. The normalized spacial score (nSPS) is 22.9. The number of ketones is 1. The largest absolute Gasteiger partial charge is 0.294 e. The molecule has 0 N–H and O–H groups in total. The van der Waals surface area contributed by atoms with Crippen molar-refractivity contribution in [1.29, 1.82) is 0 Å². The van der Waals surface area contributed by atoms with Gasteiger partial charge in [0.2, 0.25) is 0 Å². The summed E-state index contributed by atoms with van der Waals surface area (Å²) in [5, 5.41) is 0. The fourth-order valence-corrected chi connectivity index (χ4v) is 4.59. The third-order valence-electron chi connectivity index (χ3n) is 5.73. The Morgan fingerprint density at radius 1 is 0.905 bits per heavy atom. The lowest BCUT2D eigenvalue weighted by Gasteiger charge is -2.39. The van der Waals surface area contributed by atoms with E-state index < -0.39 is 0 Å². The first-order valence-corrected chi connectivity index (χ1v) is 8.90. The van der Waals surface area contributed by atoms with Gasteiger partial charge >= 0.3 is 0 Å². The Bertz CT molecular complexity index is 450. The monoisotopic (exact) mass is 284 g/mol. The van der Waals surface area contributed by atoms with E-state index in [1.54, 1.807) is 0 Å². The van der Waals surface area contributed by atoms with Gasteiger partial charge in [0.1, 0.15) is 0 Å². The van der Waals surface area contributed by atoms with Gasteiger partial charge in [-0.3, -0.25) is 4.79 Å². The van der Waals surface area contributed by atoms with Gasteiger partial charge < -0.3 is 0 Å². The number of carbonyl (C=O) groups excluding carboxylic acids is 1. The molecule has 114 valence electrons. The molecule has 2 saturated carbocycles. The lowest BCUT2D eigenvalue weighted by molar-refractivity contribution is 0.0619. The van der Waals surface area contributed by atoms with Crippen LogP contribution in [0.25, 0.3) is 0 Å². The molecule has 0 bridgehead atoms. The summed E-state index contributed by atoms with van der Waals surface area (Å²) in [5.74, 6) is 1.23. The molecule has 3 rings (SSSR count). The second-order valence-electron chi connectivity index (χ2n) is 7.24. The van der Waals surface area contributed by atoms with Crippen LogP contribution < -0.4 is 0 Å². The molecule has 1 heteroatoms. The predicted molar refractivity (Wildman–Crippen MR) is 87.5 cm³/mol. The van der Waals surface area contributed by atoms with Crippen molar-refractivity contribution in [3.63, 3.8) is 0 Å². The summed E-state index contributed by atoms with van der Waals surface area (Å²) < 4.78 is 0. The van der Waals surface area contributed by atoms with Crippen molar-refractivity contribution in [1.82, 2.24) is 0 Å². The molecular weight excluding hydrogens is 256 g/mol. The molecule has 0 spiro atoms. The Hall–Kier alpha value is -1.11. The van der Waals surface area contributed by atoms with Crippen LogP contribution in [0.2, 0.25) is 0 Å². The first kappa shape index (κ1) is 14.8. The van der Waals surface area contributed by atoms with Gasteiger partial charge in [0.15, 0.2) is 5.78 Å². The molecule has 0 aromatic heterocycles. The van der Waals surface area contributed by atoms with Crippen LogP contribution in [0.5, 0.6) is 0 Å². The van der Waals surface area contributed by atoms with Gasteiger partial charge in [-0.15, -0.1) is 0 Å². The highest BCUT2D eigenvalue weighted by Gasteiger charge is 2.41. The molecule has 0 atom stereocenters. The van der Waals surface area contributed by atoms with Crippen LogP contribution in [-0.4, -0.2) is 5.78 Å². The van der Waals surface area contributed by atoms with E-state index in [9.17, 15) is 4.79 Å². The standard InChI is InChI=1S/C20H28O/c21-19(18-12-6-2-7-13-18)20(14-8-3-9-15-20)16-17-10-4-1-5-11-17/h2,6-7,12-13,17H,1,3-5,8-11,14-16H2. The number of benzene rings is 1. The van der Waals surface area contributed by atoms with Gasteiger partial charge in [0, 0.05) is 11.0 Å². The van der Waals surface area contributed by atoms with E-state index in [2.05, 4.69) is 0 Å². The maximum absolute atomic E-state index is 13.2. The third-order valence-corrected chi connectivity index (χ3v) is 5.73. The van der Waals surface area contributed by atoms with E-state index in [0.717, 1.165) is 30.7 Å². The summed E-state index contributed by atoms with van der Waals surface area (Å²) >= 11 is 0. The van der Waals surface area contributed by atoms with Crippen molar-refractivity contribution in [3.05, 3.63) is 35.9 Å². The van der Waals surface area contributed by atoms with Crippen LogP contribution >= 0.6 is 0 Å². The van der Waals surface area contributed by atoms with E-state index in [-0.39, 0.29) is 5.41 Å². The van der Waals surface area contributed by atoms with Gasteiger partial charge in [-0.25, -0.2) is 0 Å². The van der Waals surface area contributed by atoms with E-state index in [1.165, 1.54) is 51.4 Å². The first-order valence-electron chi connectivity index (χ1n) is 8.90. The summed E-state index contributed by atoms with van der Waals surface area (Å²) in [4.78, 5) is 13.2. The zero-order chi connectivity index (χ0) is 14.5. The Balaban J connectivity index is 1.80. The Kier molecular flexibility index (Phi) is 4.77. The highest BCUT2D eigenvalue weighted by Crippen LogP contribution is 2.46. The lowest BCUT2D eigenvalue weighted by Crippen LogP contribution is -2.36. The van der Waals surface area contributed by atoms with Crippen molar-refractivity contribution < 1.29 is 4.79 Å². The maximum atomic E-state index is 13.2. The maximum Gasteiger partial charge on any atom is 0.169 e. The van der Waals surface area contributed by atoms with Gasteiger partial charge in [0.25, 0.3) is 0 Å².